The molecule has 8 heteroatoms. The largest absolute Gasteiger partial charge is 0.394 e. The highest BCUT2D eigenvalue weighted by atomic mass is 35.5. The first-order valence-corrected chi connectivity index (χ1v) is 9.66. The summed E-state index contributed by atoms with van der Waals surface area (Å²) in [5.74, 6) is 0. The van der Waals surface area contributed by atoms with Gasteiger partial charge >= 0.3 is 0 Å². The monoisotopic (exact) mass is 426 g/mol. The van der Waals surface area contributed by atoms with E-state index in [0.29, 0.717) is 11.1 Å². The highest BCUT2D eigenvalue weighted by Gasteiger charge is 2.55. The summed E-state index contributed by atoms with van der Waals surface area (Å²) < 4.78 is 23.4. The number of rotatable bonds is 3. The van der Waals surface area contributed by atoms with Crippen LogP contribution < -0.4 is 0 Å². The summed E-state index contributed by atoms with van der Waals surface area (Å²) in [6.07, 6.45) is -3.94. The first-order valence-electron chi connectivity index (χ1n) is 8.90. The Labute approximate surface area is 172 Å². The van der Waals surface area contributed by atoms with Crippen LogP contribution in [0.3, 0.4) is 0 Å². The van der Waals surface area contributed by atoms with Crippen molar-refractivity contribution in [1.29, 1.82) is 0 Å². The Hall–Kier alpha value is -1.22. The van der Waals surface area contributed by atoms with Crippen LogP contribution in [0.4, 0.5) is 0 Å². The summed E-state index contributed by atoms with van der Waals surface area (Å²) in [5.41, 5.74) is 1.11. The molecule has 0 aliphatic carbocycles. The molecule has 4 rings (SSSR count). The normalized spacial score (nSPS) is 38.4. The molecule has 2 aromatic rings. The minimum atomic E-state index is -1.70. The smallest absolute Gasteiger partial charge is 0.277 e. The van der Waals surface area contributed by atoms with Crippen LogP contribution in [-0.4, -0.2) is 47.8 Å². The van der Waals surface area contributed by atoms with Crippen molar-refractivity contribution in [2.24, 2.45) is 0 Å². The van der Waals surface area contributed by atoms with Crippen molar-refractivity contribution in [1.82, 2.24) is 0 Å². The van der Waals surface area contributed by atoms with Crippen molar-refractivity contribution >= 4 is 23.2 Å². The number of halogens is 2. The molecule has 2 saturated heterocycles. The topological polar surface area (TPSA) is 77.4 Å². The van der Waals surface area contributed by atoms with E-state index in [1.165, 1.54) is 0 Å². The van der Waals surface area contributed by atoms with Crippen molar-refractivity contribution in [3.63, 3.8) is 0 Å². The summed E-state index contributed by atoms with van der Waals surface area (Å²) in [4.78, 5) is 0. The Kier molecular flexibility index (Phi) is 5.66. The van der Waals surface area contributed by atoms with Crippen molar-refractivity contribution in [2.75, 3.05) is 13.2 Å². The zero-order valence-electron chi connectivity index (χ0n) is 14.8. The zero-order valence-corrected chi connectivity index (χ0v) is 16.3. The fraction of sp³-hybridized carbons (Fsp3) is 0.400. The van der Waals surface area contributed by atoms with Crippen LogP contribution in [0.2, 0.25) is 0 Å². The Morgan fingerprint density at radius 2 is 1.43 bits per heavy atom. The van der Waals surface area contributed by atoms with Gasteiger partial charge in [0.05, 0.1) is 13.2 Å². The van der Waals surface area contributed by atoms with Gasteiger partial charge in [-0.1, -0.05) is 83.9 Å². The number of hydrogen-bond donors (Lipinski definition) is 2. The van der Waals surface area contributed by atoms with Gasteiger partial charge in [-0.15, -0.1) is 0 Å². The van der Waals surface area contributed by atoms with Gasteiger partial charge in [-0.05, 0) is 0 Å². The molecule has 2 aliphatic rings. The van der Waals surface area contributed by atoms with Crippen molar-refractivity contribution in [3.05, 3.63) is 71.8 Å². The average Bonchev–Trinajstić information content (AvgIpc) is 3.08. The first kappa shape index (κ1) is 20.1. The van der Waals surface area contributed by atoms with Gasteiger partial charge < -0.3 is 29.2 Å². The van der Waals surface area contributed by atoms with Crippen LogP contribution in [-0.2, 0) is 29.4 Å². The lowest BCUT2D eigenvalue weighted by Gasteiger charge is -2.38. The quantitative estimate of drug-likeness (QED) is 0.734. The summed E-state index contributed by atoms with van der Waals surface area (Å²) in [6, 6.07) is 17.8. The molecule has 2 unspecified atom stereocenters. The predicted molar refractivity (Wildman–Crippen MR) is 102 cm³/mol. The summed E-state index contributed by atoms with van der Waals surface area (Å²) in [6.45, 7) is -0.543. The van der Waals surface area contributed by atoms with Crippen LogP contribution in [0.15, 0.2) is 60.7 Å². The van der Waals surface area contributed by atoms with E-state index in [0.717, 1.165) is 0 Å². The molecular formula is C20H20Cl2O6. The lowest BCUT2D eigenvalue weighted by Crippen LogP contribution is -2.53. The SMILES string of the molecule is OC[C@@H]1OC(Cl)(c2ccccc2)OC[C@H]2OC(Cl)(c3ccccc3)O[C@@H]2[C@H]1O. The third kappa shape index (κ3) is 3.67. The maximum atomic E-state index is 10.8. The Balaban J connectivity index is 1.64. The van der Waals surface area contributed by atoms with E-state index in [9.17, 15) is 10.2 Å². The van der Waals surface area contributed by atoms with Gasteiger partial charge in [0.15, 0.2) is 0 Å². The lowest BCUT2D eigenvalue weighted by atomic mass is 10.0. The van der Waals surface area contributed by atoms with Crippen LogP contribution >= 0.6 is 23.2 Å². The van der Waals surface area contributed by atoms with E-state index in [-0.39, 0.29) is 6.61 Å². The van der Waals surface area contributed by atoms with E-state index >= 15 is 0 Å². The first-order chi connectivity index (χ1) is 13.5. The molecule has 2 fully saturated rings. The minimum absolute atomic E-state index is 0.0421. The highest BCUT2D eigenvalue weighted by molar-refractivity contribution is 6.22. The molecule has 6 atom stereocenters. The van der Waals surface area contributed by atoms with Gasteiger partial charge in [-0.2, -0.15) is 0 Å². The summed E-state index contributed by atoms with van der Waals surface area (Å²) in [7, 11) is 0. The third-order valence-electron chi connectivity index (χ3n) is 4.83. The maximum Gasteiger partial charge on any atom is 0.277 e. The fourth-order valence-electron chi connectivity index (χ4n) is 3.37. The molecule has 6 nitrogen and oxygen atoms in total. The summed E-state index contributed by atoms with van der Waals surface area (Å²) >= 11 is 13.2. The standard InChI is InChI=1S/C20H20Cl2O6/c21-19(13-7-3-1-4-8-13)25-12-16-18(17(24)15(11-23)26-19)28-20(22,27-16)14-9-5-2-6-10-14/h1-10,15-18,23-24H,11-12H2/t15-,16+,17-,18-,19?,20?/m0/s1. The number of benzene rings is 2. The van der Waals surface area contributed by atoms with Gasteiger partial charge in [-0.3, -0.25) is 0 Å². The van der Waals surface area contributed by atoms with Crippen LogP contribution in [0.5, 0.6) is 0 Å². The molecule has 150 valence electrons. The Morgan fingerprint density at radius 1 is 0.857 bits per heavy atom. The van der Waals surface area contributed by atoms with E-state index < -0.39 is 41.5 Å². The third-order valence-corrected chi connectivity index (χ3v) is 5.64. The van der Waals surface area contributed by atoms with Gasteiger partial charge in [0, 0.05) is 11.1 Å². The van der Waals surface area contributed by atoms with Gasteiger partial charge in [-0.25, -0.2) is 0 Å². The van der Waals surface area contributed by atoms with E-state index in [4.69, 9.17) is 42.1 Å². The van der Waals surface area contributed by atoms with Gasteiger partial charge in [0.1, 0.15) is 24.4 Å². The number of alkyl halides is 2. The van der Waals surface area contributed by atoms with E-state index in [2.05, 4.69) is 0 Å². The Morgan fingerprint density at radius 3 is 2.00 bits per heavy atom. The zero-order chi connectivity index (χ0) is 19.8. The van der Waals surface area contributed by atoms with Crippen LogP contribution in [0, 0.1) is 0 Å². The molecule has 0 saturated carbocycles. The van der Waals surface area contributed by atoms with Crippen molar-refractivity contribution in [2.45, 2.75) is 34.9 Å². The van der Waals surface area contributed by atoms with E-state index in [1.807, 2.05) is 12.1 Å². The van der Waals surface area contributed by atoms with E-state index in [1.54, 1.807) is 48.5 Å². The average molecular weight is 427 g/mol. The number of ether oxygens (including phenoxy) is 4. The molecule has 2 aliphatic heterocycles. The number of fused-ring (bicyclic) bond motifs is 1. The van der Waals surface area contributed by atoms with Crippen molar-refractivity contribution in [3.8, 4) is 0 Å². The fourth-order valence-corrected chi connectivity index (χ4v) is 4.01. The predicted octanol–water partition coefficient (Wildman–Crippen LogP) is 2.64. The van der Waals surface area contributed by atoms with Crippen LogP contribution in [0.25, 0.3) is 0 Å². The highest BCUT2D eigenvalue weighted by Crippen LogP contribution is 2.45. The molecule has 28 heavy (non-hydrogen) atoms. The molecule has 0 bridgehead atoms. The van der Waals surface area contributed by atoms with Gasteiger partial charge in [0.2, 0.25) is 0 Å². The Bertz CT molecular complexity index is 794. The second-order valence-corrected chi connectivity index (χ2v) is 7.68. The van der Waals surface area contributed by atoms with Crippen LogP contribution in [0.1, 0.15) is 11.1 Å². The number of aliphatic hydroxyl groups is 2. The lowest BCUT2D eigenvalue weighted by molar-refractivity contribution is -0.267. The van der Waals surface area contributed by atoms with Crippen molar-refractivity contribution < 1.29 is 29.2 Å². The molecule has 0 spiro atoms. The number of hydrogen-bond acceptors (Lipinski definition) is 6. The molecular weight excluding hydrogens is 407 g/mol. The summed E-state index contributed by atoms with van der Waals surface area (Å²) in [5, 5.41) is 17.3. The molecule has 0 amide bonds. The molecule has 2 N–H and O–H groups in total. The molecule has 2 aromatic carbocycles. The molecule has 0 aromatic heterocycles. The minimum Gasteiger partial charge on any atom is -0.394 e. The second kappa shape index (κ2) is 7.89. The molecule has 2 heterocycles. The van der Waals surface area contributed by atoms with Gasteiger partial charge in [0.25, 0.3) is 10.5 Å². The maximum absolute atomic E-state index is 10.8. The molecule has 0 radical (unpaired) electrons. The second-order valence-electron chi connectivity index (χ2n) is 6.68. The number of aliphatic hydroxyl groups excluding tert-OH is 2.